The van der Waals surface area contributed by atoms with Gasteiger partial charge < -0.3 is 4.74 Å². The lowest BCUT2D eigenvalue weighted by Gasteiger charge is -2.28. The van der Waals surface area contributed by atoms with Crippen molar-refractivity contribution in [1.29, 1.82) is 0 Å². The Morgan fingerprint density at radius 3 is 2.78 bits per heavy atom. The SMILES string of the molecule is COC(=O)C1CS(=O)(=O)CC(c2ccc(Cl)s2)N1. The number of sulfone groups is 1. The summed E-state index contributed by atoms with van der Waals surface area (Å²) in [6.45, 7) is 0. The average molecular weight is 310 g/mol. The zero-order valence-electron chi connectivity index (χ0n) is 9.55. The molecule has 1 fully saturated rings. The summed E-state index contributed by atoms with van der Waals surface area (Å²) >= 11 is 7.13. The molecule has 18 heavy (non-hydrogen) atoms. The van der Waals surface area contributed by atoms with Crippen LogP contribution in [0.2, 0.25) is 4.34 Å². The number of halogens is 1. The van der Waals surface area contributed by atoms with Gasteiger partial charge in [0.15, 0.2) is 9.84 Å². The molecule has 0 amide bonds. The summed E-state index contributed by atoms with van der Waals surface area (Å²) in [7, 11) is -2.04. The Bertz CT molecular complexity index is 554. The molecule has 1 saturated heterocycles. The first-order valence-electron chi connectivity index (χ1n) is 5.21. The van der Waals surface area contributed by atoms with Crippen LogP contribution in [0.1, 0.15) is 10.9 Å². The number of carbonyl (C=O) groups excluding carboxylic acids is 1. The van der Waals surface area contributed by atoms with Gasteiger partial charge in [0.1, 0.15) is 6.04 Å². The van der Waals surface area contributed by atoms with E-state index in [4.69, 9.17) is 11.6 Å². The van der Waals surface area contributed by atoms with Gasteiger partial charge in [0.25, 0.3) is 0 Å². The summed E-state index contributed by atoms with van der Waals surface area (Å²) < 4.78 is 28.8. The number of hydrogen-bond acceptors (Lipinski definition) is 6. The number of methoxy groups -OCH3 is 1. The van der Waals surface area contributed by atoms with Crippen LogP contribution >= 0.6 is 22.9 Å². The molecule has 1 aromatic rings. The third-order valence-corrected chi connectivity index (χ3v) is 5.69. The first-order valence-corrected chi connectivity index (χ1v) is 8.22. The third-order valence-electron chi connectivity index (χ3n) is 2.67. The van der Waals surface area contributed by atoms with Crippen LogP contribution in [-0.2, 0) is 19.4 Å². The zero-order valence-corrected chi connectivity index (χ0v) is 11.9. The van der Waals surface area contributed by atoms with Crippen LogP contribution in [0.25, 0.3) is 0 Å². The maximum Gasteiger partial charge on any atom is 0.323 e. The van der Waals surface area contributed by atoms with Crippen LogP contribution < -0.4 is 5.32 Å². The van der Waals surface area contributed by atoms with Gasteiger partial charge in [-0.3, -0.25) is 10.1 Å². The molecule has 0 bridgehead atoms. The second-order valence-corrected chi connectivity index (χ2v) is 7.91. The fourth-order valence-electron chi connectivity index (χ4n) is 1.87. The summed E-state index contributed by atoms with van der Waals surface area (Å²) in [5, 5.41) is 2.99. The quantitative estimate of drug-likeness (QED) is 0.825. The maximum atomic E-state index is 11.8. The van der Waals surface area contributed by atoms with E-state index in [0.29, 0.717) is 4.34 Å². The van der Waals surface area contributed by atoms with E-state index in [1.54, 1.807) is 12.1 Å². The molecular formula is C10H12ClNO4S2. The number of carbonyl (C=O) groups is 1. The van der Waals surface area contributed by atoms with Crippen molar-refractivity contribution in [3.63, 3.8) is 0 Å². The van der Waals surface area contributed by atoms with Gasteiger partial charge in [0, 0.05) is 4.88 Å². The van der Waals surface area contributed by atoms with Crippen molar-refractivity contribution < 1.29 is 17.9 Å². The average Bonchev–Trinajstić information content (AvgIpc) is 2.72. The molecule has 0 saturated carbocycles. The van der Waals surface area contributed by atoms with Crippen LogP contribution in [0.15, 0.2) is 12.1 Å². The summed E-state index contributed by atoms with van der Waals surface area (Å²) in [6, 6.07) is 2.24. The van der Waals surface area contributed by atoms with E-state index >= 15 is 0 Å². The van der Waals surface area contributed by atoms with Gasteiger partial charge in [-0.1, -0.05) is 11.6 Å². The highest BCUT2D eigenvalue weighted by Crippen LogP contribution is 2.30. The Hall–Kier alpha value is -0.630. The zero-order chi connectivity index (χ0) is 13.3. The van der Waals surface area contributed by atoms with E-state index < -0.39 is 27.9 Å². The van der Waals surface area contributed by atoms with E-state index in [1.165, 1.54) is 18.4 Å². The summed E-state index contributed by atoms with van der Waals surface area (Å²) in [5.41, 5.74) is 0. The number of esters is 1. The molecule has 100 valence electrons. The van der Waals surface area contributed by atoms with Crippen molar-refractivity contribution in [1.82, 2.24) is 5.32 Å². The molecule has 1 aromatic heterocycles. The van der Waals surface area contributed by atoms with Gasteiger partial charge in [-0.05, 0) is 12.1 Å². The minimum Gasteiger partial charge on any atom is -0.468 e. The molecule has 1 N–H and O–H groups in total. The smallest absolute Gasteiger partial charge is 0.323 e. The fourth-order valence-corrected chi connectivity index (χ4v) is 4.76. The van der Waals surface area contributed by atoms with Gasteiger partial charge in [-0.2, -0.15) is 0 Å². The lowest BCUT2D eigenvalue weighted by Crippen LogP contribution is -2.51. The Balaban J connectivity index is 2.24. The van der Waals surface area contributed by atoms with Gasteiger partial charge in [-0.15, -0.1) is 11.3 Å². The fraction of sp³-hybridized carbons (Fsp3) is 0.500. The first kappa shape index (κ1) is 13.8. The summed E-state index contributed by atoms with van der Waals surface area (Å²) in [4.78, 5) is 12.3. The predicted molar refractivity (Wildman–Crippen MR) is 69.7 cm³/mol. The minimum absolute atomic E-state index is 0.0304. The summed E-state index contributed by atoms with van der Waals surface area (Å²) in [6.07, 6.45) is 0. The monoisotopic (exact) mass is 309 g/mol. The Morgan fingerprint density at radius 1 is 1.50 bits per heavy atom. The van der Waals surface area contributed by atoms with Crippen LogP contribution in [0.3, 0.4) is 0 Å². The normalized spacial score (nSPS) is 26.8. The third kappa shape index (κ3) is 3.03. The van der Waals surface area contributed by atoms with Gasteiger partial charge in [-0.25, -0.2) is 8.42 Å². The number of hydrogen-bond donors (Lipinski definition) is 1. The predicted octanol–water partition coefficient (Wildman–Crippen LogP) is 1.00. The van der Waals surface area contributed by atoms with Crippen molar-refractivity contribution in [3.05, 3.63) is 21.3 Å². The van der Waals surface area contributed by atoms with Gasteiger partial charge >= 0.3 is 5.97 Å². The van der Waals surface area contributed by atoms with Crippen LogP contribution in [0.5, 0.6) is 0 Å². The lowest BCUT2D eigenvalue weighted by molar-refractivity contribution is -0.142. The summed E-state index contributed by atoms with van der Waals surface area (Å²) in [5.74, 6) is -0.821. The molecule has 2 unspecified atom stereocenters. The number of ether oxygens (including phenoxy) is 1. The van der Waals surface area contributed by atoms with Crippen molar-refractivity contribution >= 4 is 38.7 Å². The Labute approximate surface area is 114 Å². The van der Waals surface area contributed by atoms with E-state index in [-0.39, 0.29) is 11.5 Å². The molecular weight excluding hydrogens is 298 g/mol. The number of thiophene rings is 1. The molecule has 1 aliphatic heterocycles. The van der Waals surface area contributed by atoms with E-state index in [9.17, 15) is 13.2 Å². The molecule has 0 radical (unpaired) electrons. The van der Waals surface area contributed by atoms with Gasteiger partial charge in [0.05, 0.1) is 29.0 Å². The molecule has 2 atom stereocenters. The van der Waals surface area contributed by atoms with Crippen molar-refractivity contribution in [3.8, 4) is 0 Å². The first-order chi connectivity index (χ1) is 8.41. The molecule has 1 aliphatic rings. The molecule has 0 spiro atoms. The molecule has 2 rings (SSSR count). The van der Waals surface area contributed by atoms with Crippen molar-refractivity contribution in [2.75, 3.05) is 18.6 Å². The highest BCUT2D eigenvalue weighted by molar-refractivity contribution is 7.91. The van der Waals surface area contributed by atoms with E-state index in [2.05, 4.69) is 10.1 Å². The second kappa shape index (κ2) is 5.16. The highest BCUT2D eigenvalue weighted by atomic mass is 35.5. The lowest BCUT2D eigenvalue weighted by atomic mass is 10.2. The van der Waals surface area contributed by atoms with E-state index in [1.807, 2.05) is 0 Å². The second-order valence-electron chi connectivity index (χ2n) is 4.01. The van der Waals surface area contributed by atoms with Gasteiger partial charge in [0.2, 0.25) is 0 Å². The van der Waals surface area contributed by atoms with Crippen LogP contribution in [0, 0.1) is 0 Å². The molecule has 0 aliphatic carbocycles. The molecule has 8 heteroatoms. The Kier molecular flexibility index (Phi) is 3.96. The largest absolute Gasteiger partial charge is 0.468 e. The van der Waals surface area contributed by atoms with Crippen molar-refractivity contribution in [2.24, 2.45) is 0 Å². The van der Waals surface area contributed by atoms with Crippen LogP contribution in [-0.4, -0.2) is 39.0 Å². The molecule has 5 nitrogen and oxygen atoms in total. The Morgan fingerprint density at radius 2 is 2.22 bits per heavy atom. The highest BCUT2D eigenvalue weighted by Gasteiger charge is 2.36. The molecule has 2 heterocycles. The van der Waals surface area contributed by atoms with Crippen LogP contribution in [0.4, 0.5) is 0 Å². The molecule has 0 aromatic carbocycles. The van der Waals surface area contributed by atoms with E-state index in [0.717, 1.165) is 4.88 Å². The number of nitrogens with one attached hydrogen (secondary N) is 1. The topological polar surface area (TPSA) is 72.5 Å². The minimum atomic E-state index is -3.27. The number of rotatable bonds is 2. The maximum absolute atomic E-state index is 11.8. The standard InChI is InChI=1S/C10H12ClNO4S2/c1-16-10(13)7-5-18(14,15)4-6(12-7)8-2-3-9(11)17-8/h2-3,6-7,12H,4-5H2,1H3. The van der Waals surface area contributed by atoms with Crippen molar-refractivity contribution in [2.45, 2.75) is 12.1 Å².